The number of benzene rings is 4. The Bertz CT molecular complexity index is 1590. The summed E-state index contributed by atoms with van der Waals surface area (Å²) in [5, 5.41) is 1.07. The van der Waals surface area contributed by atoms with Gasteiger partial charge in [0.25, 0.3) is 0 Å². The SMILES string of the molecule is Cc1c([C@@H](c2ccccc2)[C@@]2(c3ccc(F)cc3)N=C(c3ccccc3)OC2=O)[nH]c2ccccc12. The van der Waals surface area contributed by atoms with E-state index in [2.05, 4.69) is 11.1 Å². The highest BCUT2D eigenvalue weighted by molar-refractivity contribution is 6.09. The monoisotopic (exact) mass is 474 g/mol. The van der Waals surface area contributed by atoms with Crippen molar-refractivity contribution in [1.82, 2.24) is 4.98 Å². The van der Waals surface area contributed by atoms with Crippen LogP contribution in [0.3, 0.4) is 0 Å². The second kappa shape index (κ2) is 8.61. The highest BCUT2D eigenvalue weighted by atomic mass is 19.1. The zero-order chi connectivity index (χ0) is 24.7. The van der Waals surface area contributed by atoms with Crippen LogP contribution in [0.25, 0.3) is 10.9 Å². The molecule has 4 aromatic carbocycles. The fraction of sp³-hybridized carbons (Fsp3) is 0.0968. The van der Waals surface area contributed by atoms with Gasteiger partial charge in [0.1, 0.15) is 5.82 Å². The van der Waals surface area contributed by atoms with Gasteiger partial charge in [-0.25, -0.2) is 14.2 Å². The molecule has 0 saturated heterocycles. The van der Waals surface area contributed by atoms with Gasteiger partial charge < -0.3 is 9.72 Å². The molecule has 0 unspecified atom stereocenters. The first-order valence-electron chi connectivity index (χ1n) is 11.8. The molecule has 4 nitrogen and oxygen atoms in total. The fourth-order valence-electron chi connectivity index (χ4n) is 5.19. The molecule has 1 aliphatic rings. The number of aromatic nitrogens is 1. The first kappa shape index (κ1) is 22.0. The maximum atomic E-state index is 14.0. The lowest BCUT2D eigenvalue weighted by molar-refractivity contribution is -0.140. The van der Waals surface area contributed by atoms with Crippen LogP contribution in [0.5, 0.6) is 0 Å². The number of fused-ring (bicyclic) bond motifs is 1. The standard InChI is InChI=1S/C31H23FN2O2/c1-20-25-14-8-9-15-26(25)33-28(20)27(21-10-4-2-5-11-21)31(23-16-18-24(32)19-17-23)30(35)36-29(34-31)22-12-6-3-7-13-22/h2-19,27,33H,1H3/t27-,31-/m1/s1. The molecule has 0 radical (unpaired) electrons. The predicted molar refractivity (Wildman–Crippen MR) is 138 cm³/mol. The maximum Gasteiger partial charge on any atom is 0.346 e. The molecule has 5 heteroatoms. The molecule has 0 saturated carbocycles. The molecule has 176 valence electrons. The Kier molecular flexibility index (Phi) is 5.26. The van der Waals surface area contributed by atoms with E-state index in [-0.39, 0.29) is 11.7 Å². The van der Waals surface area contributed by atoms with Gasteiger partial charge in [0.2, 0.25) is 5.90 Å². The van der Waals surface area contributed by atoms with Gasteiger partial charge in [-0.2, -0.15) is 0 Å². The third-order valence-electron chi connectivity index (χ3n) is 6.93. The largest absolute Gasteiger partial charge is 0.405 e. The Morgan fingerprint density at radius 1 is 0.833 bits per heavy atom. The molecule has 5 aromatic rings. The van der Waals surface area contributed by atoms with Gasteiger partial charge in [0, 0.05) is 22.2 Å². The number of aliphatic imine (C=N–C) groups is 1. The second-order valence-corrected chi connectivity index (χ2v) is 9.00. The topological polar surface area (TPSA) is 54.4 Å². The predicted octanol–water partition coefficient (Wildman–Crippen LogP) is 6.65. The first-order chi connectivity index (χ1) is 17.6. The summed E-state index contributed by atoms with van der Waals surface area (Å²) >= 11 is 0. The highest BCUT2D eigenvalue weighted by Gasteiger charge is 2.55. The van der Waals surface area contributed by atoms with E-state index in [1.165, 1.54) is 12.1 Å². The van der Waals surface area contributed by atoms with Gasteiger partial charge >= 0.3 is 5.97 Å². The number of nitrogens with zero attached hydrogens (tertiary/aromatic N) is 1. The van der Waals surface area contributed by atoms with E-state index >= 15 is 0 Å². The molecule has 1 N–H and O–H groups in total. The molecule has 2 atom stereocenters. The van der Waals surface area contributed by atoms with Crippen LogP contribution >= 0.6 is 0 Å². The van der Waals surface area contributed by atoms with Crippen LogP contribution in [-0.4, -0.2) is 16.9 Å². The van der Waals surface area contributed by atoms with E-state index in [0.29, 0.717) is 11.1 Å². The number of aromatic amines is 1. The molecule has 0 fully saturated rings. The Hall–Kier alpha value is -4.51. The summed E-state index contributed by atoms with van der Waals surface area (Å²) in [4.78, 5) is 22.6. The summed E-state index contributed by atoms with van der Waals surface area (Å²) in [6, 6.07) is 33.2. The van der Waals surface area contributed by atoms with Crippen molar-refractivity contribution in [3.63, 3.8) is 0 Å². The van der Waals surface area contributed by atoms with Crippen molar-refractivity contribution in [2.75, 3.05) is 0 Å². The summed E-state index contributed by atoms with van der Waals surface area (Å²) in [7, 11) is 0. The average Bonchev–Trinajstić information content (AvgIpc) is 3.44. The molecule has 0 amide bonds. The van der Waals surface area contributed by atoms with Gasteiger partial charge in [0.15, 0.2) is 5.54 Å². The van der Waals surface area contributed by atoms with Crippen LogP contribution in [0.2, 0.25) is 0 Å². The van der Waals surface area contributed by atoms with Crippen molar-refractivity contribution in [2.24, 2.45) is 4.99 Å². The third-order valence-corrected chi connectivity index (χ3v) is 6.93. The lowest BCUT2D eigenvalue weighted by atomic mass is 9.72. The first-order valence-corrected chi connectivity index (χ1v) is 11.8. The van der Waals surface area contributed by atoms with E-state index in [1.54, 1.807) is 12.1 Å². The quantitative estimate of drug-likeness (QED) is 0.290. The number of aryl methyl sites for hydroxylation is 1. The van der Waals surface area contributed by atoms with Crippen LogP contribution in [0, 0.1) is 12.7 Å². The number of rotatable bonds is 5. The Morgan fingerprint density at radius 3 is 2.17 bits per heavy atom. The minimum absolute atomic E-state index is 0.250. The van der Waals surface area contributed by atoms with Crippen LogP contribution in [-0.2, 0) is 15.1 Å². The zero-order valence-corrected chi connectivity index (χ0v) is 19.6. The van der Waals surface area contributed by atoms with Crippen molar-refractivity contribution in [3.8, 4) is 0 Å². The van der Waals surface area contributed by atoms with Crippen molar-refractivity contribution < 1.29 is 13.9 Å². The van der Waals surface area contributed by atoms with Gasteiger partial charge in [-0.3, -0.25) is 0 Å². The molecular formula is C31H23FN2O2. The Morgan fingerprint density at radius 2 is 1.47 bits per heavy atom. The number of esters is 1. The number of halogens is 1. The van der Waals surface area contributed by atoms with Crippen LogP contribution in [0.1, 0.15) is 33.9 Å². The number of hydrogen-bond acceptors (Lipinski definition) is 3. The van der Waals surface area contributed by atoms with Crippen molar-refractivity contribution in [2.45, 2.75) is 18.4 Å². The van der Waals surface area contributed by atoms with E-state index < -0.39 is 17.4 Å². The number of H-pyrrole nitrogens is 1. The van der Waals surface area contributed by atoms with Gasteiger partial charge in [0.05, 0.1) is 5.92 Å². The number of hydrogen-bond donors (Lipinski definition) is 1. The Labute approximate surface area is 208 Å². The lowest BCUT2D eigenvalue weighted by Gasteiger charge is -2.32. The smallest absolute Gasteiger partial charge is 0.346 e. The number of carbonyl (C=O) groups excluding carboxylic acids is 1. The number of para-hydroxylation sites is 1. The van der Waals surface area contributed by atoms with Crippen molar-refractivity contribution in [3.05, 3.63) is 143 Å². The van der Waals surface area contributed by atoms with Crippen molar-refractivity contribution >= 4 is 22.8 Å². The van der Waals surface area contributed by atoms with E-state index in [0.717, 1.165) is 27.7 Å². The molecule has 0 aliphatic carbocycles. The number of cyclic esters (lactones) is 1. The third kappa shape index (κ3) is 3.43. The van der Waals surface area contributed by atoms with Crippen LogP contribution in [0.4, 0.5) is 4.39 Å². The summed E-state index contributed by atoms with van der Waals surface area (Å²) in [6.07, 6.45) is 0. The summed E-state index contributed by atoms with van der Waals surface area (Å²) in [5.74, 6) is -1.18. The van der Waals surface area contributed by atoms with Gasteiger partial charge in [-0.15, -0.1) is 0 Å². The molecule has 1 aliphatic heterocycles. The highest BCUT2D eigenvalue weighted by Crippen LogP contribution is 2.50. The zero-order valence-electron chi connectivity index (χ0n) is 19.6. The number of carbonyl (C=O) groups is 1. The van der Waals surface area contributed by atoms with Crippen molar-refractivity contribution in [1.29, 1.82) is 0 Å². The fourth-order valence-corrected chi connectivity index (χ4v) is 5.19. The minimum atomic E-state index is -1.47. The second-order valence-electron chi connectivity index (χ2n) is 9.00. The molecular weight excluding hydrogens is 451 g/mol. The van der Waals surface area contributed by atoms with Crippen LogP contribution < -0.4 is 0 Å². The van der Waals surface area contributed by atoms with E-state index in [9.17, 15) is 9.18 Å². The number of ether oxygens (including phenoxy) is 1. The van der Waals surface area contributed by atoms with E-state index in [1.807, 2.05) is 85.8 Å². The molecule has 6 rings (SSSR count). The normalized spacial score (nSPS) is 18.2. The Balaban J connectivity index is 1.68. The lowest BCUT2D eigenvalue weighted by Crippen LogP contribution is -2.39. The van der Waals surface area contributed by atoms with Gasteiger partial charge in [-0.1, -0.05) is 78.9 Å². The minimum Gasteiger partial charge on any atom is -0.405 e. The summed E-state index contributed by atoms with van der Waals surface area (Å²) < 4.78 is 19.9. The molecule has 1 aromatic heterocycles. The van der Waals surface area contributed by atoms with Crippen LogP contribution in [0.15, 0.2) is 114 Å². The summed E-state index contributed by atoms with van der Waals surface area (Å²) in [6.45, 7) is 2.05. The maximum absolute atomic E-state index is 14.0. The van der Waals surface area contributed by atoms with E-state index in [4.69, 9.17) is 9.73 Å². The molecule has 0 bridgehead atoms. The number of nitrogens with one attached hydrogen (secondary N) is 1. The molecule has 2 heterocycles. The average molecular weight is 475 g/mol. The van der Waals surface area contributed by atoms with Gasteiger partial charge in [-0.05, 0) is 53.9 Å². The summed E-state index contributed by atoms with van der Waals surface area (Å²) in [5.41, 5.74) is 3.55. The molecule has 36 heavy (non-hydrogen) atoms. The molecule has 0 spiro atoms.